The summed E-state index contributed by atoms with van der Waals surface area (Å²) in [5.41, 5.74) is 1.13. The molecule has 0 bridgehead atoms. The molecule has 1 aliphatic heterocycles. The van der Waals surface area contributed by atoms with Crippen molar-refractivity contribution in [2.75, 3.05) is 6.61 Å². The van der Waals surface area contributed by atoms with Gasteiger partial charge < -0.3 is 18.6 Å². The molecule has 0 aromatic rings. The molecule has 0 N–H and O–H groups in total. The van der Waals surface area contributed by atoms with Gasteiger partial charge in [-0.15, -0.1) is 0 Å². The molecule has 1 saturated heterocycles. The van der Waals surface area contributed by atoms with E-state index in [1.54, 1.807) is 6.08 Å². The van der Waals surface area contributed by atoms with Gasteiger partial charge in [-0.1, -0.05) is 47.6 Å². The van der Waals surface area contributed by atoms with Crippen LogP contribution in [0.2, 0.25) is 18.1 Å². The van der Waals surface area contributed by atoms with Crippen molar-refractivity contribution in [3.8, 4) is 0 Å². The van der Waals surface area contributed by atoms with Crippen molar-refractivity contribution < 1.29 is 23.4 Å². The number of hydrogen-bond acceptors (Lipinski definition) is 5. The highest BCUT2D eigenvalue weighted by Crippen LogP contribution is 2.55. The van der Waals surface area contributed by atoms with Gasteiger partial charge in [0, 0.05) is 17.9 Å². The van der Waals surface area contributed by atoms with E-state index in [-0.39, 0.29) is 23.6 Å². The van der Waals surface area contributed by atoms with Crippen molar-refractivity contribution in [2.24, 2.45) is 5.41 Å². The van der Waals surface area contributed by atoms with E-state index in [1.165, 1.54) is 0 Å². The van der Waals surface area contributed by atoms with E-state index in [4.69, 9.17) is 18.6 Å². The summed E-state index contributed by atoms with van der Waals surface area (Å²) in [6.07, 6.45) is 9.53. The molecule has 6 heteroatoms. The molecule has 1 fully saturated rings. The van der Waals surface area contributed by atoms with Gasteiger partial charge in [-0.2, -0.15) is 0 Å². The van der Waals surface area contributed by atoms with Crippen molar-refractivity contribution in [1.82, 2.24) is 0 Å². The predicted molar refractivity (Wildman–Crippen MR) is 141 cm³/mol. The van der Waals surface area contributed by atoms with Crippen molar-refractivity contribution in [2.45, 2.75) is 124 Å². The molecule has 1 aliphatic carbocycles. The summed E-state index contributed by atoms with van der Waals surface area (Å²) in [5.74, 6) is -1.03. The Balaban J connectivity index is 2.65. The Kier molecular flexibility index (Phi) is 9.59. The zero-order chi connectivity index (χ0) is 25.8. The molecule has 3 unspecified atom stereocenters. The lowest BCUT2D eigenvalue weighted by molar-refractivity contribution is -0.181. The average molecular weight is 493 g/mol. The van der Waals surface area contributed by atoms with E-state index in [2.05, 4.69) is 80.5 Å². The molecule has 34 heavy (non-hydrogen) atoms. The van der Waals surface area contributed by atoms with Gasteiger partial charge in [0.1, 0.15) is 5.60 Å². The number of carbonyl (C=O) groups is 1. The van der Waals surface area contributed by atoms with Gasteiger partial charge >= 0.3 is 5.97 Å². The zero-order valence-corrected chi connectivity index (χ0v) is 24.2. The largest absolute Gasteiger partial charge is 0.463 e. The lowest BCUT2D eigenvalue weighted by atomic mass is 9.63. The van der Waals surface area contributed by atoms with Crippen LogP contribution >= 0.6 is 0 Å². The third-order valence-electron chi connectivity index (χ3n) is 7.99. The summed E-state index contributed by atoms with van der Waals surface area (Å²) in [7, 11) is -2.00. The maximum atomic E-state index is 12.1. The first-order valence-corrected chi connectivity index (χ1v) is 15.7. The maximum absolute atomic E-state index is 12.1. The van der Waals surface area contributed by atoms with Crippen LogP contribution in [0.3, 0.4) is 0 Å². The monoisotopic (exact) mass is 492 g/mol. The second-order valence-electron chi connectivity index (χ2n) is 10.6. The Hall–Kier alpha value is -1.21. The third-order valence-corrected chi connectivity index (χ3v) is 12.6. The number of allylic oxidation sites excluding steroid dienone is 2. The van der Waals surface area contributed by atoms with Crippen molar-refractivity contribution in [3.63, 3.8) is 0 Å². The Morgan fingerprint density at radius 2 is 1.65 bits per heavy atom. The van der Waals surface area contributed by atoms with E-state index >= 15 is 0 Å². The summed E-state index contributed by atoms with van der Waals surface area (Å²) in [6.45, 7) is 21.8. The van der Waals surface area contributed by atoms with Crippen LogP contribution in [0.4, 0.5) is 0 Å². The average Bonchev–Trinajstić information content (AvgIpc) is 3.04. The van der Waals surface area contributed by atoms with Gasteiger partial charge in [0.25, 0.3) is 0 Å². The first-order chi connectivity index (χ1) is 15.9. The molecular formula is C28H48O5Si. The molecule has 0 amide bonds. The van der Waals surface area contributed by atoms with Crippen LogP contribution in [0.25, 0.3) is 0 Å². The van der Waals surface area contributed by atoms with Gasteiger partial charge in [0.15, 0.2) is 14.1 Å². The first-order valence-electron chi connectivity index (χ1n) is 13.2. The van der Waals surface area contributed by atoms with E-state index < -0.39 is 19.7 Å². The fourth-order valence-electron chi connectivity index (χ4n) is 5.51. The second kappa shape index (κ2) is 11.2. The number of ether oxygens (including phenoxy) is 3. The Labute approximate surface area is 209 Å². The van der Waals surface area contributed by atoms with E-state index in [0.717, 1.165) is 35.7 Å². The summed E-state index contributed by atoms with van der Waals surface area (Å²) in [6, 6.07) is 3.18. The topological polar surface area (TPSA) is 54.0 Å². The Bertz CT molecular complexity index is 789. The summed E-state index contributed by atoms with van der Waals surface area (Å²) < 4.78 is 25.3. The predicted octanol–water partition coefficient (Wildman–Crippen LogP) is 7.10. The van der Waals surface area contributed by atoms with Crippen LogP contribution in [-0.4, -0.2) is 44.5 Å². The fourth-order valence-corrected chi connectivity index (χ4v) is 8.64. The van der Waals surface area contributed by atoms with Gasteiger partial charge in [-0.25, -0.2) is 4.79 Å². The highest BCUT2D eigenvalue weighted by atomic mass is 28.4. The number of hydrogen-bond donors (Lipinski definition) is 0. The normalized spacial score (nSPS) is 31.8. The number of rotatable bonds is 10. The Morgan fingerprint density at radius 3 is 2.09 bits per heavy atom. The van der Waals surface area contributed by atoms with Gasteiger partial charge in [0.05, 0.1) is 18.8 Å². The molecular weight excluding hydrogens is 444 g/mol. The summed E-state index contributed by atoms with van der Waals surface area (Å²) in [5, 5.41) is 0. The maximum Gasteiger partial charge on any atom is 0.331 e. The smallest absolute Gasteiger partial charge is 0.331 e. The minimum Gasteiger partial charge on any atom is -0.463 e. The van der Waals surface area contributed by atoms with E-state index in [1.807, 2.05) is 6.92 Å². The van der Waals surface area contributed by atoms with Crippen molar-refractivity contribution in [1.29, 1.82) is 0 Å². The molecule has 2 aliphatic rings. The van der Waals surface area contributed by atoms with Crippen LogP contribution in [-0.2, 0) is 23.4 Å². The summed E-state index contributed by atoms with van der Waals surface area (Å²) >= 11 is 0. The molecule has 0 saturated carbocycles. The minimum absolute atomic E-state index is 0.0402. The number of carbonyl (C=O) groups excluding carboxylic acids is 1. The van der Waals surface area contributed by atoms with Gasteiger partial charge in [0.2, 0.25) is 0 Å². The van der Waals surface area contributed by atoms with Crippen LogP contribution in [0.15, 0.2) is 35.5 Å². The van der Waals surface area contributed by atoms with Crippen LogP contribution in [0, 0.1) is 5.41 Å². The molecule has 0 aromatic carbocycles. The number of esters is 1. The van der Waals surface area contributed by atoms with E-state index in [9.17, 15) is 4.79 Å². The molecule has 1 heterocycles. The third kappa shape index (κ3) is 5.77. The van der Waals surface area contributed by atoms with E-state index in [0.29, 0.717) is 13.0 Å². The molecule has 0 aromatic heterocycles. The highest BCUT2D eigenvalue weighted by molar-refractivity contribution is 6.73. The van der Waals surface area contributed by atoms with Gasteiger partial charge in [-0.3, -0.25) is 0 Å². The van der Waals surface area contributed by atoms with Crippen LogP contribution in [0.1, 0.15) is 82.1 Å². The standard InChI is InChI=1S/C28H48O5Si/c1-11-24(18-25(29)30-12-2)16-17-28(33-34(13-3,14-4)15-5)21(6)19-27(20-26(28,9)10)31-22(7)23(8)32-27/h16-19,22-23H,11-15,20H2,1-10H3/b17-16+,24-18-. The molecule has 0 radical (unpaired) electrons. The first kappa shape index (κ1) is 29.0. The fraction of sp³-hybridized carbons (Fsp3) is 0.750. The quantitative estimate of drug-likeness (QED) is 0.107. The van der Waals surface area contributed by atoms with Crippen molar-refractivity contribution >= 4 is 14.3 Å². The molecule has 1 spiro atoms. The molecule has 3 atom stereocenters. The van der Waals surface area contributed by atoms with Crippen LogP contribution < -0.4 is 0 Å². The molecule has 194 valence electrons. The highest BCUT2D eigenvalue weighted by Gasteiger charge is 2.59. The molecule has 5 nitrogen and oxygen atoms in total. The second-order valence-corrected chi connectivity index (χ2v) is 15.3. The van der Waals surface area contributed by atoms with Crippen molar-refractivity contribution in [3.05, 3.63) is 35.5 Å². The zero-order valence-electron chi connectivity index (χ0n) is 23.2. The minimum atomic E-state index is -2.00. The summed E-state index contributed by atoms with van der Waals surface area (Å²) in [4.78, 5) is 12.1. The molecule has 2 rings (SSSR count). The lowest BCUT2D eigenvalue weighted by Gasteiger charge is -2.55. The SMILES string of the molecule is CCOC(=O)/C=C(\C=C\C1(O[Si](CC)(CC)CC)C(C)=CC2(CC1(C)C)OC(C)C(C)O2)CC. The Morgan fingerprint density at radius 1 is 1.09 bits per heavy atom. The van der Waals surface area contributed by atoms with Gasteiger partial charge in [-0.05, 0) is 75.5 Å². The van der Waals surface area contributed by atoms with Crippen LogP contribution in [0.5, 0.6) is 0 Å². The lowest BCUT2D eigenvalue weighted by Crippen LogP contribution is -2.59.